The molecule has 5 nitrogen and oxygen atoms in total. The van der Waals surface area contributed by atoms with E-state index in [-0.39, 0.29) is 12.4 Å². The molecule has 0 fully saturated rings. The molecule has 0 aliphatic heterocycles. The average Bonchev–Trinajstić information content (AvgIpc) is 2.65. The van der Waals surface area contributed by atoms with Gasteiger partial charge in [0.05, 0.1) is 0 Å². The second-order valence-corrected chi connectivity index (χ2v) is 20.2. The van der Waals surface area contributed by atoms with E-state index in [1.165, 1.54) is 0 Å². The maximum atomic E-state index is 12.6. The molecule has 0 aliphatic rings. The fourth-order valence-electron chi connectivity index (χ4n) is 2.60. The monoisotopic (exact) mass is 463 g/mol. The van der Waals surface area contributed by atoms with Crippen molar-refractivity contribution in [3.63, 3.8) is 0 Å². The van der Waals surface area contributed by atoms with Crippen LogP contribution in [0.3, 0.4) is 0 Å². The maximum absolute atomic E-state index is 12.6. The minimum Gasteiger partial charge on any atom is -0.445 e. The Kier molecular flexibility index (Phi) is 9.25. The predicted molar refractivity (Wildman–Crippen MR) is 129 cm³/mol. The van der Waals surface area contributed by atoms with E-state index in [0.717, 1.165) is 11.1 Å². The highest BCUT2D eigenvalue weighted by atomic mass is 31.2. The third kappa shape index (κ3) is 10.0. The highest BCUT2D eigenvalue weighted by Gasteiger charge is 2.35. The van der Waals surface area contributed by atoms with Crippen molar-refractivity contribution in [2.75, 3.05) is 0 Å². The lowest BCUT2D eigenvalue weighted by Crippen LogP contribution is -2.40. The van der Waals surface area contributed by atoms with Gasteiger partial charge in [-0.3, -0.25) is 0 Å². The molecule has 8 heteroatoms. The van der Waals surface area contributed by atoms with E-state index in [0.29, 0.717) is 6.42 Å². The van der Waals surface area contributed by atoms with Crippen LogP contribution in [0, 0.1) is 0 Å². The third-order valence-electron chi connectivity index (χ3n) is 3.75. The molecule has 0 saturated carbocycles. The van der Waals surface area contributed by atoms with Crippen LogP contribution in [0.4, 0.5) is 4.79 Å². The highest BCUT2D eigenvalue weighted by molar-refractivity contribution is 7.51. The van der Waals surface area contributed by atoms with Crippen LogP contribution in [-0.4, -0.2) is 28.5 Å². The highest BCUT2D eigenvalue weighted by Crippen LogP contribution is 2.49. The summed E-state index contributed by atoms with van der Waals surface area (Å²) in [6, 6.07) is 19.8. The first kappa shape index (κ1) is 24.8. The Bertz CT molecular complexity index is 763. The molecule has 30 heavy (non-hydrogen) atoms. The van der Waals surface area contributed by atoms with Gasteiger partial charge in [-0.2, -0.15) is 0 Å². The first-order valence-electron chi connectivity index (χ1n) is 10.2. The maximum Gasteiger partial charge on any atom is 0.408 e. The van der Waals surface area contributed by atoms with Crippen LogP contribution < -0.4 is 5.32 Å². The molecule has 0 aliphatic carbocycles. The van der Waals surface area contributed by atoms with Crippen LogP contribution in [-0.2, 0) is 26.2 Å². The summed E-state index contributed by atoms with van der Waals surface area (Å²) in [6.07, 6.45) is 0.174. The van der Waals surface area contributed by atoms with E-state index in [4.69, 9.17) is 13.2 Å². The Morgan fingerprint density at radius 3 is 1.77 bits per heavy atom. The Morgan fingerprint density at radius 2 is 1.30 bits per heavy atom. The third-order valence-corrected chi connectivity index (χ3v) is 10.4. The van der Waals surface area contributed by atoms with Gasteiger partial charge in [0.1, 0.15) is 12.4 Å². The van der Waals surface area contributed by atoms with E-state index in [1.54, 1.807) is 0 Å². The molecule has 0 unspecified atom stereocenters. The minimum atomic E-state index is -1.89. The van der Waals surface area contributed by atoms with Gasteiger partial charge in [-0.15, -0.1) is 0 Å². The summed E-state index contributed by atoms with van der Waals surface area (Å²) in [5, 5.41) is 3.04. The normalized spacial score (nSPS) is 13.2. The fraction of sp³-hybridized carbons (Fsp3) is 0.409. The minimum absolute atomic E-state index is 0.229. The Balaban J connectivity index is 2.16. The van der Waals surface area contributed by atoms with Crippen LogP contribution in [0.5, 0.6) is 0 Å². The van der Waals surface area contributed by atoms with Gasteiger partial charge in [-0.1, -0.05) is 60.7 Å². The lowest BCUT2D eigenvalue weighted by Gasteiger charge is -2.35. The van der Waals surface area contributed by atoms with Gasteiger partial charge >= 0.3 is 6.09 Å². The van der Waals surface area contributed by atoms with Gasteiger partial charge in [-0.05, 0) is 50.4 Å². The molecule has 1 N–H and O–H groups in total. The van der Waals surface area contributed by atoms with Crippen molar-refractivity contribution in [1.82, 2.24) is 5.32 Å². The number of amides is 1. The fourth-order valence-corrected chi connectivity index (χ4v) is 8.99. The smallest absolute Gasteiger partial charge is 0.408 e. The zero-order chi connectivity index (χ0) is 22.2. The molecule has 2 rings (SSSR count). The van der Waals surface area contributed by atoms with Crippen molar-refractivity contribution in [3.8, 4) is 0 Å². The van der Waals surface area contributed by atoms with Crippen LogP contribution in [0.15, 0.2) is 60.7 Å². The number of carbonyl (C=O) groups excluding carboxylic acids is 1. The van der Waals surface area contributed by atoms with Crippen LogP contribution in [0.25, 0.3) is 0 Å². The standard InChI is InChI=1S/C22H34NO4PSi2/c1-29(2,3)26-28(27-30(4,5)6)21(17-19-13-9-7-10-14-19)23-22(24)25-18-20-15-11-8-12-16-20/h7-16,21H,17-18H2,1-6H3,(H,23,24)/t21-/m1/s1. The van der Waals surface area contributed by atoms with E-state index in [9.17, 15) is 4.79 Å². The number of alkyl carbamates (subject to hydrolysis) is 1. The summed E-state index contributed by atoms with van der Waals surface area (Å²) >= 11 is 0. The van der Waals surface area contributed by atoms with Crippen molar-refractivity contribution in [3.05, 3.63) is 71.8 Å². The van der Waals surface area contributed by atoms with Crippen molar-refractivity contribution in [1.29, 1.82) is 0 Å². The second-order valence-electron chi connectivity index (χ2n) is 9.10. The number of benzene rings is 2. The van der Waals surface area contributed by atoms with Crippen molar-refractivity contribution < 1.29 is 18.0 Å². The molecule has 2 aromatic carbocycles. The van der Waals surface area contributed by atoms with E-state index in [2.05, 4.69) is 56.7 Å². The number of rotatable bonds is 10. The molecule has 164 valence electrons. The molecule has 0 aromatic heterocycles. The van der Waals surface area contributed by atoms with Gasteiger partial charge in [0.2, 0.25) is 0 Å². The molecule has 0 bridgehead atoms. The first-order valence-corrected chi connectivity index (χ1v) is 18.3. The van der Waals surface area contributed by atoms with Crippen LogP contribution in [0.2, 0.25) is 39.3 Å². The Morgan fingerprint density at radius 1 is 0.833 bits per heavy atom. The van der Waals surface area contributed by atoms with Crippen molar-refractivity contribution in [2.45, 2.75) is 58.1 Å². The van der Waals surface area contributed by atoms with E-state index < -0.39 is 31.1 Å². The summed E-state index contributed by atoms with van der Waals surface area (Å²) < 4.78 is 18.4. The second kappa shape index (κ2) is 11.2. The summed E-state index contributed by atoms with van der Waals surface area (Å²) in [5.41, 5.74) is 2.07. The molecule has 0 radical (unpaired) electrons. The number of ether oxygens (including phenoxy) is 1. The van der Waals surface area contributed by atoms with Gasteiger partial charge in [0.25, 0.3) is 0 Å². The zero-order valence-corrected chi connectivity index (χ0v) is 21.7. The van der Waals surface area contributed by atoms with Gasteiger partial charge in [-0.25, -0.2) is 4.79 Å². The molecular weight excluding hydrogens is 429 g/mol. The van der Waals surface area contributed by atoms with Crippen LogP contribution in [0.1, 0.15) is 11.1 Å². The first-order chi connectivity index (χ1) is 14.0. The largest absolute Gasteiger partial charge is 0.445 e. The van der Waals surface area contributed by atoms with Crippen LogP contribution >= 0.6 is 8.38 Å². The summed E-state index contributed by atoms with van der Waals surface area (Å²) in [4.78, 5) is 12.6. The van der Waals surface area contributed by atoms with E-state index in [1.807, 2.05) is 48.5 Å². The summed E-state index contributed by atoms with van der Waals surface area (Å²) in [7, 11) is -5.09. The SMILES string of the molecule is C[Si](C)(C)OP(O[Si](C)(C)C)[C@H](Cc1ccccc1)NC(=O)OCc1ccccc1. The molecule has 0 spiro atoms. The summed E-state index contributed by atoms with van der Waals surface area (Å²) in [5.74, 6) is -0.288. The Labute approximate surface area is 184 Å². The topological polar surface area (TPSA) is 56.8 Å². The lowest BCUT2D eigenvalue weighted by molar-refractivity contribution is 0.138. The molecule has 0 saturated heterocycles. The molecular formula is C22H34NO4PSi2. The number of hydrogen-bond acceptors (Lipinski definition) is 4. The number of nitrogens with one attached hydrogen (secondary N) is 1. The molecule has 1 atom stereocenters. The van der Waals surface area contributed by atoms with Gasteiger partial charge in [0.15, 0.2) is 25.0 Å². The number of carbonyl (C=O) groups is 1. The quantitative estimate of drug-likeness (QED) is 0.323. The number of hydrogen-bond donors (Lipinski definition) is 1. The Hall–Kier alpha value is -1.51. The predicted octanol–water partition coefficient (Wildman–Crippen LogP) is 6.50. The van der Waals surface area contributed by atoms with Gasteiger partial charge in [0, 0.05) is 6.42 Å². The summed E-state index contributed by atoms with van der Waals surface area (Å²) in [6.45, 7) is 13.1. The molecule has 1 amide bonds. The van der Waals surface area contributed by atoms with Gasteiger partial charge < -0.3 is 18.5 Å². The van der Waals surface area contributed by atoms with Crippen molar-refractivity contribution >= 4 is 31.1 Å². The zero-order valence-electron chi connectivity index (χ0n) is 18.8. The van der Waals surface area contributed by atoms with Crippen molar-refractivity contribution in [2.24, 2.45) is 0 Å². The molecule has 2 aromatic rings. The van der Waals surface area contributed by atoms with E-state index >= 15 is 0 Å². The lowest BCUT2D eigenvalue weighted by atomic mass is 10.1. The molecule has 0 heterocycles. The average molecular weight is 464 g/mol.